The molecular formula is C8H15BCoO4. The SMILES string of the molecule is CCCCC(CC)C(=O)[O-].O=B[O-].[Co+2]. The molecule has 0 saturated carbocycles. The third kappa shape index (κ3) is 14.2. The van der Waals surface area contributed by atoms with Gasteiger partial charge < -0.3 is 9.90 Å². The molecule has 0 aliphatic carbocycles. The summed E-state index contributed by atoms with van der Waals surface area (Å²) < 4.78 is 8.25. The molecular weight excluding hydrogens is 230 g/mol. The molecule has 1 atom stereocenters. The Bertz CT molecular complexity index is 143. The minimum absolute atomic E-state index is 0. The number of carboxylic acids is 1. The quantitative estimate of drug-likeness (QED) is 0.597. The first-order valence-corrected chi connectivity index (χ1v) is 4.40. The van der Waals surface area contributed by atoms with Gasteiger partial charge in [0.05, 0.1) is 0 Å². The van der Waals surface area contributed by atoms with Crippen molar-refractivity contribution in [3.63, 3.8) is 0 Å². The van der Waals surface area contributed by atoms with Crippen LogP contribution in [0.4, 0.5) is 0 Å². The van der Waals surface area contributed by atoms with Gasteiger partial charge in [0.2, 0.25) is 0 Å². The Balaban J connectivity index is -0.000000267. The molecule has 0 rings (SSSR count). The van der Waals surface area contributed by atoms with E-state index in [9.17, 15) is 9.90 Å². The largest absolute Gasteiger partial charge is 2.00 e. The normalized spacial score (nSPS) is 9.86. The molecule has 0 fully saturated rings. The molecule has 0 N–H and O–H groups in total. The van der Waals surface area contributed by atoms with E-state index >= 15 is 0 Å². The Hall–Kier alpha value is -0.359. The number of hydrogen-bond acceptors (Lipinski definition) is 4. The number of carbonyl (C=O) groups is 1. The van der Waals surface area contributed by atoms with Gasteiger partial charge in [-0.25, -0.2) is 0 Å². The van der Waals surface area contributed by atoms with Gasteiger partial charge in [0.1, 0.15) is 0 Å². The molecule has 0 aliphatic heterocycles. The number of aliphatic carboxylic acids is 1. The first-order chi connectivity index (χ1) is 6.13. The molecule has 6 heteroatoms. The maximum atomic E-state index is 10.3. The molecule has 14 heavy (non-hydrogen) atoms. The smallest absolute Gasteiger partial charge is 2.00 e. The summed E-state index contributed by atoms with van der Waals surface area (Å²) in [6.07, 6.45) is 3.52. The van der Waals surface area contributed by atoms with Gasteiger partial charge in [-0.1, -0.05) is 26.7 Å². The van der Waals surface area contributed by atoms with E-state index in [2.05, 4.69) is 6.92 Å². The van der Waals surface area contributed by atoms with Crippen molar-refractivity contribution in [3.05, 3.63) is 0 Å². The molecule has 0 saturated heterocycles. The van der Waals surface area contributed by atoms with Crippen molar-refractivity contribution in [1.82, 2.24) is 0 Å². The van der Waals surface area contributed by atoms with Gasteiger partial charge in [-0.15, -0.1) is 0 Å². The van der Waals surface area contributed by atoms with E-state index in [1.807, 2.05) is 6.92 Å². The van der Waals surface area contributed by atoms with Crippen LogP contribution in [-0.4, -0.2) is 13.3 Å². The predicted molar refractivity (Wildman–Crippen MR) is 44.8 cm³/mol. The van der Waals surface area contributed by atoms with Crippen molar-refractivity contribution in [2.75, 3.05) is 0 Å². The number of hydrogen-bond donors (Lipinski definition) is 0. The summed E-state index contributed by atoms with van der Waals surface area (Å²) in [5.74, 6) is -1.11. The zero-order valence-electron chi connectivity index (χ0n) is 8.45. The minimum atomic E-state index is -0.893. The van der Waals surface area contributed by atoms with Crippen LogP contribution in [0.25, 0.3) is 0 Å². The maximum Gasteiger partial charge on any atom is 2.00 e. The van der Waals surface area contributed by atoms with Gasteiger partial charge >= 0.3 is 33.9 Å². The van der Waals surface area contributed by atoms with Crippen LogP contribution in [0.2, 0.25) is 0 Å². The van der Waals surface area contributed by atoms with E-state index in [0.717, 1.165) is 19.3 Å². The van der Waals surface area contributed by atoms with E-state index in [1.165, 1.54) is 0 Å². The van der Waals surface area contributed by atoms with Crippen molar-refractivity contribution >= 4 is 13.3 Å². The third-order valence-corrected chi connectivity index (χ3v) is 1.73. The second-order valence-corrected chi connectivity index (χ2v) is 2.66. The van der Waals surface area contributed by atoms with Gasteiger partial charge in [0, 0.05) is 5.97 Å². The van der Waals surface area contributed by atoms with Crippen molar-refractivity contribution in [2.45, 2.75) is 39.5 Å². The summed E-state index contributed by atoms with van der Waals surface area (Å²) in [5, 5.41) is 18.6. The number of rotatable bonds is 5. The fraction of sp³-hybridized carbons (Fsp3) is 0.875. The number of carbonyl (C=O) groups excluding carboxylic acids is 1. The summed E-state index contributed by atoms with van der Waals surface area (Å²) in [5.41, 5.74) is 0. The Morgan fingerprint density at radius 2 is 1.86 bits per heavy atom. The summed E-state index contributed by atoms with van der Waals surface area (Å²) in [4.78, 5) is 10.3. The van der Waals surface area contributed by atoms with E-state index in [0.29, 0.717) is 6.42 Å². The zero-order chi connectivity index (χ0) is 10.7. The Labute approximate surface area is 95.6 Å². The second-order valence-electron chi connectivity index (χ2n) is 2.66. The van der Waals surface area contributed by atoms with E-state index in [4.69, 9.17) is 9.73 Å². The molecule has 1 unspecified atom stereocenters. The van der Waals surface area contributed by atoms with E-state index in [1.54, 1.807) is 0 Å². The minimum Gasteiger partial charge on any atom is 2.00 e. The maximum absolute atomic E-state index is 10.3. The molecule has 1 radical (unpaired) electrons. The Morgan fingerprint density at radius 3 is 2.07 bits per heavy atom. The molecule has 0 bridgehead atoms. The summed E-state index contributed by atoms with van der Waals surface area (Å²) in [6, 6.07) is 0. The van der Waals surface area contributed by atoms with Gasteiger partial charge in [-0.05, 0) is 18.8 Å². The second kappa shape index (κ2) is 15.1. The zero-order valence-corrected chi connectivity index (χ0v) is 9.49. The van der Waals surface area contributed by atoms with Crippen molar-refractivity contribution in [1.29, 1.82) is 0 Å². The third-order valence-electron chi connectivity index (χ3n) is 1.73. The van der Waals surface area contributed by atoms with Crippen LogP contribution in [0, 0.1) is 5.92 Å². The molecule has 83 valence electrons. The summed E-state index contributed by atoms with van der Waals surface area (Å²) >= 11 is 0. The van der Waals surface area contributed by atoms with Crippen LogP contribution < -0.4 is 10.1 Å². The molecule has 0 aliphatic rings. The van der Waals surface area contributed by atoms with Gasteiger partial charge in [-0.2, -0.15) is 0 Å². The van der Waals surface area contributed by atoms with Crippen LogP contribution in [0.15, 0.2) is 0 Å². The summed E-state index contributed by atoms with van der Waals surface area (Å²) in [7, 11) is -0.500. The Morgan fingerprint density at radius 1 is 1.43 bits per heavy atom. The first kappa shape index (κ1) is 19.3. The van der Waals surface area contributed by atoms with Crippen LogP contribution in [0.5, 0.6) is 0 Å². The fourth-order valence-corrected chi connectivity index (χ4v) is 0.939. The molecule has 0 amide bonds. The van der Waals surface area contributed by atoms with Gasteiger partial charge in [0.25, 0.3) is 0 Å². The average Bonchev–Trinajstić information content (AvgIpc) is 2.06. The topological polar surface area (TPSA) is 80.3 Å². The van der Waals surface area contributed by atoms with Gasteiger partial charge in [0.15, 0.2) is 0 Å². The molecule has 0 spiro atoms. The fourth-order valence-electron chi connectivity index (χ4n) is 0.939. The average molecular weight is 245 g/mol. The molecule has 4 nitrogen and oxygen atoms in total. The predicted octanol–water partition coefficient (Wildman–Crippen LogP) is -0.738. The summed E-state index contributed by atoms with van der Waals surface area (Å²) in [6.45, 7) is 3.94. The molecule has 0 aromatic carbocycles. The first-order valence-electron chi connectivity index (χ1n) is 4.40. The van der Waals surface area contributed by atoms with Crippen LogP contribution in [0.1, 0.15) is 39.5 Å². The van der Waals surface area contributed by atoms with E-state index < -0.39 is 13.3 Å². The number of unbranched alkanes of at least 4 members (excludes halogenated alkanes) is 1. The Kier molecular flexibility index (Phi) is 20.8. The molecule has 0 aromatic rings. The van der Waals surface area contributed by atoms with Crippen molar-refractivity contribution in [2.24, 2.45) is 5.92 Å². The van der Waals surface area contributed by atoms with Crippen molar-refractivity contribution in [3.8, 4) is 0 Å². The van der Waals surface area contributed by atoms with Crippen molar-refractivity contribution < 1.29 is 36.4 Å². The number of carboxylic acid groups (broad SMARTS) is 1. The monoisotopic (exact) mass is 245 g/mol. The van der Waals surface area contributed by atoms with Gasteiger partial charge in [-0.3, -0.25) is 0 Å². The van der Waals surface area contributed by atoms with Crippen LogP contribution in [0.3, 0.4) is 0 Å². The standard InChI is InChI=1S/C8H16O2.BO2.Co/c1-3-5-6-7(4-2)8(9)10;2-1-3;/h7H,3-6H2,1-2H3,(H,9,10);;/q;-1;+2/p-1. The van der Waals surface area contributed by atoms with E-state index in [-0.39, 0.29) is 22.7 Å². The molecule has 0 aromatic heterocycles. The van der Waals surface area contributed by atoms with Crippen LogP contribution >= 0.6 is 0 Å². The molecule has 0 heterocycles. The van der Waals surface area contributed by atoms with Crippen LogP contribution in [-0.2, 0) is 26.3 Å².